The van der Waals surface area contributed by atoms with E-state index in [-0.39, 0.29) is 5.91 Å². The maximum absolute atomic E-state index is 12.8. The fourth-order valence-electron chi connectivity index (χ4n) is 2.91. The van der Waals surface area contributed by atoms with Crippen LogP contribution in [-0.2, 0) is 4.79 Å². The molecule has 4 heteroatoms. The van der Waals surface area contributed by atoms with Crippen LogP contribution in [0.2, 0.25) is 0 Å². The second-order valence-electron chi connectivity index (χ2n) is 5.83. The summed E-state index contributed by atoms with van der Waals surface area (Å²) in [5.41, 5.74) is 4.10. The highest BCUT2D eigenvalue weighted by Crippen LogP contribution is 2.25. The van der Waals surface area contributed by atoms with E-state index < -0.39 is 0 Å². The molecule has 3 aromatic rings. The van der Waals surface area contributed by atoms with Crippen LogP contribution in [0.4, 0.5) is 5.69 Å². The van der Waals surface area contributed by atoms with Gasteiger partial charge >= 0.3 is 0 Å². The van der Waals surface area contributed by atoms with Gasteiger partial charge in [0.25, 0.3) is 5.91 Å². The van der Waals surface area contributed by atoms with Crippen molar-refractivity contribution in [2.45, 2.75) is 6.92 Å². The fourth-order valence-corrected chi connectivity index (χ4v) is 2.91. The molecule has 0 atom stereocenters. The average Bonchev–Trinajstić information content (AvgIpc) is 3.23. The molecule has 25 heavy (non-hydrogen) atoms. The van der Waals surface area contributed by atoms with E-state index in [2.05, 4.69) is 9.67 Å². The summed E-state index contributed by atoms with van der Waals surface area (Å²) in [5.74, 6) is -0.107. The molecule has 0 radical (unpaired) electrons. The molecule has 0 saturated carbocycles. The van der Waals surface area contributed by atoms with Crippen molar-refractivity contribution in [2.75, 3.05) is 5.01 Å². The number of hydrogen-bond acceptors (Lipinski definition) is 2. The molecular weight excluding hydrogens is 310 g/mol. The normalized spacial score (nSPS) is 15.7. The number of para-hydroxylation sites is 2. The van der Waals surface area contributed by atoms with E-state index in [1.165, 1.54) is 5.01 Å². The van der Waals surface area contributed by atoms with Gasteiger partial charge < -0.3 is 4.57 Å². The minimum Gasteiger partial charge on any atom is -0.317 e. The Labute approximate surface area is 146 Å². The Morgan fingerprint density at radius 3 is 2.16 bits per heavy atom. The molecule has 0 bridgehead atoms. The van der Waals surface area contributed by atoms with Crippen molar-refractivity contribution in [1.29, 1.82) is 0 Å². The van der Waals surface area contributed by atoms with Crippen LogP contribution in [0.1, 0.15) is 12.6 Å². The Morgan fingerprint density at radius 1 is 0.840 bits per heavy atom. The van der Waals surface area contributed by atoms with Crippen molar-refractivity contribution < 1.29 is 4.79 Å². The van der Waals surface area contributed by atoms with Crippen molar-refractivity contribution in [2.24, 2.45) is 5.10 Å². The highest BCUT2D eigenvalue weighted by atomic mass is 16.2. The van der Waals surface area contributed by atoms with Gasteiger partial charge in [-0.15, -0.1) is 0 Å². The molecule has 1 aromatic heterocycles. The third kappa shape index (κ3) is 2.78. The molecule has 0 unspecified atom stereocenters. The first-order chi connectivity index (χ1) is 12.2. The topological polar surface area (TPSA) is 37.6 Å². The van der Waals surface area contributed by atoms with E-state index in [1.807, 2.05) is 92.0 Å². The number of nitrogens with zero attached hydrogens (tertiary/aromatic N) is 3. The third-order valence-corrected chi connectivity index (χ3v) is 4.17. The van der Waals surface area contributed by atoms with Crippen LogP contribution in [-0.4, -0.2) is 16.2 Å². The SMILES string of the molecule is CC1=NN(c2ccccc2)C(=O)/C1=C/c1cccn1-c1ccccc1. The lowest BCUT2D eigenvalue weighted by molar-refractivity contribution is -0.114. The summed E-state index contributed by atoms with van der Waals surface area (Å²) >= 11 is 0. The van der Waals surface area contributed by atoms with Crippen LogP contribution in [0.25, 0.3) is 11.8 Å². The lowest BCUT2D eigenvalue weighted by atomic mass is 10.1. The van der Waals surface area contributed by atoms with Gasteiger partial charge in [0.2, 0.25) is 0 Å². The largest absolute Gasteiger partial charge is 0.317 e. The van der Waals surface area contributed by atoms with Crippen LogP contribution in [0.5, 0.6) is 0 Å². The Bertz CT molecular complexity index is 969. The molecule has 0 aliphatic carbocycles. The number of hydrazone groups is 1. The van der Waals surface area contributed by atoms with Crippen molar-refractivity contribution in [3.8, 4) is 5.69 Å². The molecular formula is C21H17N3O. The smallest absolute Gasteiger partial charge is 0.280 e. The summed E-state index contributed by atoms with van der Waals surface area (Å²) < 4.78 is 2.05. The number of anilines is 1. The van der Waals surface area contributed by atoms with Crippen LogP contribution in [0.15, 0.2) is 89.7 Å². The molecule has 0 fully saturated rings. The summed E-state index contributed by atoms with van der Waals surface area (Å²) in [7, 11) is 0. The third-order valence-electron chi connectivity index (χ3n) is 4.17. The quantitative estimate of drug-likeness (QED) is 0.662. The van der Waals surface area contributed by atoms with Gasteiger partial charge in [-0.1, -0.05) is 36.4 Å². The first-order valence-electron chi connectivity index (χ1n) is 8.13. The molecule has 4 nitrogen and oxygen atoms in total. The molecule has 2 aromatic carbocycles. The lowest BCUT2D eigenvalue weighted by Crippen LogP contribution is -2.21. The number of carbonyl (C=O) groups is 1. The summed E-state index contributed by atoms with van der Waals surface area (Å²) in [6.07, 6.45) is 3.89. The van der Waals surface area contributed by atoms with Gasteiger partial charge in [0.15, 0.2) is 0 Å². The van der Waals surface area contributed by atoms with Crippen LogP contribution < -0.4 is 5.01 Å². The fraction of sp³-hybridized carbons (Fsp3) is 0.0476. The van der Waals surface area contributed by atoms with Gasteiger partial charge in [-0.05, 0) is 49.4 Å². The average molecular weight is 327 g/mol. The highest BCUT2D eigenvalue weighted by Gasteiger charge is 2.28. The van der Waals surface area contributed by atoms with E-state index in [1.54, 1.807) is 0 Å². The van der Waals surface area contributed by atoms with E-state index in [0.29, 0.717) is 5.57 Å². The number of hydrogen-bond donors (Lipinski definition) is 0. The summed E-state index contributed by atoms with van der Waals surface area (Å²) in [6.45, 7) is 1.86. The van der Waals surface area contributed by atoms with Gasteiger partial charge in [0, 0.05) is 17.6 Å². The second kappa shape index (κ2) is 6.24. The molecule has 0 saturated heterocycles. The Morgan fingerprint density at radius 2 is 1.48 bits per heavy atom. The van der Waals surface area contributed by atoms with Crippen molar-refractivity contribution in [3.05, 3.63) is 90.3 Å². The lowest BCUT2D eigenvalue weighted by Gasteiger charge is -2.11. The van der Waals surface area contributed by atoms with Gasteiger partial charge in [0.1, 0.15) is 0 Å². The molecule has 0 N–H and O–H groups in total. The zero-order valence-corrected chi connectivity index (χ0v) is 13.8. The molecule has 1 amide bonds. The highest BCUT2D eigenvalue weighted by molar-refractivity contribution is 6.32. The summed E-state index contributed by atoms with van der Waals surface area (Å²) in [5, 5.41) is 5.88. The minimum absolute atomic E-state index is 0.107. The van der Waals surface area contributed by atoms with Crippen LogP contribution in [0, 0.1) is 0 Å². The predicted octanol–water partition coefficient (Wildman–Crippen LogP) is 4.28. The zero-order valence-electron chi connectivity index (χ0n) is 13.8. The number of benzene rings is 2. The standard InChI is InChI=1S/C21H17N3O/c1-16-20(21(25)24(22-16)18-11-6-3-7-12-18)15-19-13-8-14-23(19)17-9-4-2-5-10-17/h2-15H,1H3/b20-15+. The summed E-state index contributed by atoms with van der Waals surface area (Å²) in [6, 6.07) is 23.5. The molecule has 1 aliphatic rings. The predicted molar refractivity (Wildman–Crippen MR) is 101 cm³/mol. The molecule has 0 spiro atoms. The first kappa shape index (κ1) is 15.1. The zero-order chi connectivity index (χ0) is 17.2. The van der Waals surface area contributed by atoms with Crippen molar-refractivity contribution in [3.63, 3.8) is 0 Å². The van der Waals surface area contributed by atoms with Crippen molar-refractivity contribution in [1.82, 2.24) is 4.57 Å². The number of amides is 1. The molecule has 1 aliphatic heterocycles. The number of aromatic nitrogens is 1. The van der Waals surface area contributed by atoms with Gasteiger partial charge in [0.05, 0.1) is 17.0 Å². The number of carbonyl (C=O) groups excluding carboxylic acids is 1. The monoisotopic (exact) mass is 327 g/mol. The summed E-state index contributed by atoms with van der Waals surface area (Å²) in [4.78, 5) is 12.8. The van der Waals surface area contributed by atoms with Crippen molar-refractivity contribution >= 4 is 23.4 Å². The first-order valence-corrected chi connectivity index (χ1v) is 8.13. The van der Waals surface area contributed by atoms with E-state index in [9.17, 15) is 4.79 Å². The van der Waals surface area contributed by atoms with Crippen LogP contribution >= 0.6 is 0 Å². The van der Waals surface area contributed by atoms with Gasteiger partial charge in [-0.2, -0.15) is 10.1 Å². The van der Waals surface area contributed by atoms with E-state index in [0.717, 1.165) is 22.8 Å². The maximum atomic E-state index is 12.8. The molecule has 2 heterocycles. The Balaban J connectivity index is 1.71. The van der Waals surface area contributed by atoms with Gasteiger partial charge in [-0.25, -0.2) is 0 Å². The Hall–Kier alpha value is -3.40. The molecule has 122 valence electrons. The minimum atomic E-state index is -0.107. The van der Waals surface area contributed by atoms with E-state index >= 15 is 0 Å². The van der Waals surface area contributed by atoms with Crippen LogP contribution in [0.3, 0.4) is 0 Å². The van der Waals surface area contributed by atoms with Gasteiger partial charge in [-0.3, -0.25) is 4.79 Å². The Kier molecular flexibility index (Phi) is 3.78. The molecule has 4 rings (SSSR count). The number of rotatable bonds is 3. The maximum Gasteiger partial charge on any atom is 0.280 e. The van der Waals surface area contributed by atoms with E-state index in [4.69, 9.17) is 0 Å². The second-order valence-corrected chi connectivity index (χ2v) is 5.83.